The van der Waals surface area contributed by atoms with Crippen LogP contribution in [0.5, 0.6) is 0 Å². The summed E-state index contributed by atoms with van der Waals surface area (Å²) in [5.74, 6) is 0.807. The molecule has 1 aromatic rings. The van der Waals surface area contributed by atoms with Gasteiger partial charge in [-0.05, 0) is 5.92 Å². The Bertz CT molecular complexity index is 339. The van der Waals surface area contributed by atoms with Gasteiger partial charge in [0.15, 0.2) is 5.82 Å². The molecule has 0 aliphatic carbocycles. The summed E-state index contributed by atoms with van der Waals surface area (Å²) in [6.07, 6.45) is 2.93. The lowest BCUT2D eigenvalue weighted by atomic mass is 10.2. The quantitative estimate of drug-likeness (QED) is 0.553. The Labute approximate surface area is 81.2 Å². The number of isocyanates is 1. The van der Waals surface area contributed by atoms with Gasteiger partial charge in [0, 0.05) is 6.54 Å². The van der Waals surface area contributed by atoms with Gasteiger partial charge in [-0.2, -0.15) is 5.10 Å². The average molecular weight is 200 g/mol. The second-order valence-corrected chi connectivity index (χ2v) is 3.50. The van der Waals surface area contributed by atoms with Crippen LogP contribution >= 0.6 is 11.6 Å². The van der Waals surface area contributed by atoms with Gasteiger partial charge >= 0.3 is 0 Å². The van der Waals surface area contributed by atoms with Crippen molar-refractivity contribution < 1.29 is 4.79 Å². The number of nitrogens with zero attached hydrogens (tertiary/aromatic N) is 3. The summed E-state index contributed by atoms with van der Waals surface area (Å²) >= 11 is 5.75. The van der Waals surface area contributed by atoms with Crippen molar-refractivity contribution in [3.05, 3.63) is 11.2 Å². The van der Waals surface area contributed by atoms with Gasteiger partial charge in [0.2, 0.25) is 6.08 Å². The lowest BCUT2D eigenvalue weighted by molar-refractivity contribution is 0.485. The molecule has 0 fully saturated rings. The van der Waals surface area contributed by atoms with E-state index in [-0.39, 0.29) is 0 Å². The summed E-state index contributed by atoms with van der Waals surface area (Å²) in [5, 5.41) is 4.37. The molecule has 0 saturated carbocycles. The minimum Gasteiger partial charge on any atom is -0.246 e. The molecule has 13 heavy (non-hydrogen) atoms. The Kier molecular flexibility index (Phi) is 3.23. The fraction of sp³-hybridized carbons (Fsp3) is 0.500. The number of carbonyl (C=O) groups excluding carboxylic acids is 1. The second-order valence-electron chi connectivity index (χ2n) is 3.10. The summed E-state index contributed by atoms with van der Waals surface area (Å²) in [6.45, 7) is 4.78. The zero-order chi connectivity index (χ0) is 9.84. The number of halogens is 1. The van der Waals surface area contributed by atoms with Gasteiger partial charge in [0.1, 0.15) is 5.02 Å². The van der Waals surface area contributed by atoms with E-state index in [1.54, 1.807) is 4.68 Å². The van der Waals surface area contributed by atoms with Crippen LogP contribution in [0.15, 0.2) is 11.2 Å². The third kappa shape index (κ3) is 2.41. The van der Waals surface area contributed by atoms with Gasteiger partial charge in [0.25, 0.3) is 0 Å². The predicted octanol–water partition coefficient (Wildman–Crippen LogP) is 2.16. The molecule has 0 saturated heterocycles. The molecule has 0 bridgehead atoms. The van der Waals surface area contributed by atoms with E-state index in [4.69, 9.17) is 11.6 Å². The smallest absolute Gasteiger partial charge is 0.242 e. The zero-order valence-corrected chi connectivity index (χ0v) is 8.25. The molecule has 1 heterocycles. The SMILES string of the molecule is CC(C)Cn1ncc(Cl)c1N=C=O. The minimum absolute atomic E-state index is 0.379. The predicted molar refractivity (Wildman–Crippen MR) is 49.9 cm³/mol. The number of hydrogen-bond acceptors (Lipinski definition) is 3. The molecule has 0 spiro atoms. The van der Waals surface area contributed by atoms with E-state index in [1.807, 2.05) is 13.8 Å². The number of aromatic nitrogens is 2. The second kappa shape index (κ2) is 4.21. The van der Waals surface area contributed by atoms with Crippen molar-refractivity contribution in [2.24, 2.45) is 10.9 Å². The Balaban J connectivity index is 3.00. The van der Waals surface area contributed by atoms with E-state index in [2.05, 4.69) is 10.1 Å². The highest BCUT2D eigenvalue weighted by molar-refractivity contribution is 6.32. The first-order chi connectivity index (χ1) is 6.15. The van der Waals surface area contributed by atoms with Gasteiger partial charge in [-0.3, -0.25) is 0 Å². The van der Waals surface area contributed by atoms with Crippen molar-refractivity contribution in [1.29, 1.82) is 0 Å². The lowest BCUT2D eigenvalue weighted by Crippen LogP contribution is -2.05. The van der Waals surface area contributed by atoms with Crippen LogP contribution in [0, 0.1) is 5.92 Å². The van der Waals surface area contributed by atoms with Gasteiger partial charge < -0.3 is 0 Å². The summed E-state index contributed by atoms with van der Waals surface area (Å²) in [7, 11) is 0. The molecule has 0 atom stereocenters. The van der Waals surface area contributed by atoms with Crippen LogP contribution in [0.4, 0.5) is 5.82 Å². The molecule has 0 unspecified atom stereocenters. The Hall–Kier alpha value is -1.12. The molecule has 0 aliphatic heterocycles. The zero-order valence-electron chi connectivity index (χ0n) is 7.49. The van der Waals surface area contributed by atoms with E-state index in [1.165, 1.54) is 12.3 Å². The van der Waals surface area contributed by atoms with Crippen molar-refractivity contribution in [2.45, 2.75) is 20.4 Å². The molecular formula is C8H10ClN3O. The molecule has 0 amide bonds. The summed E-state index contributed by atoms with van der Waals surface area (Å²) in [4.78, 5) is 13.6. The third-order valence-corrected chi connectivity index (χ3v) is 1.72. The van der Waals surface area contributed by atoms with Crippen LogP contribution in [0.2, 0.25) is 5.02 Å². The normalized spacial score (nSPS) is 10.2. The third-order valence-electron chi connectivity index (χ3n) is 1.46. The number of hydrogen-bond donors (Lipinski definition) is 0. The Morgan fingerprint density at radius 3 is 3.00 bits per heavy atom. The largest absolute Gasteiger partial charge is 0.246 e. The van der Waals surface area contributed by atoms with Crippen LogP contribution in [-0.2, 0) is 11.3 Å². The van der Waals surface area contributed by atoms with Crippen molar-refractivity contribution in [1.82, 2.24) is 9.78 Å². The molecular weight excluding hydrogens is 190 g/mol. The fourth-order valence-electron chi connectivity index (χ4n) is 0.990. The molecule has 1 aromatic heterocycles. The van der Waals surface area contributed by atoms with Gasteiger partial charge in [-0.1, -0.05) is 25.4 Å². The summed E-state index contributed by atoms with van der Waals surface area (Å²) in [6, 6.07) is 0. The Morgan fingerprint density at radius 1 is 1.77 bits per heavy atom. The van der Waals surface area contributed by atoms with E-state index < -0.39 is 0 Å². The molecule has 70 valence electrons. The minimum atomic E-state index is 0.379. The van der Waals surface area contributed by atoms with E-state index in [0.29, 0.717) is 23.3 Å². The van der Waals surface area contributed by atoms with Crippen LogP contribution < -0.4 is 0 Å². The Morgan fingerprint density at radius 2 is 2.46 bits per heavy atom. The summed E-state index contributed by atoms with van der Waals surface area (Å²) in [5.41, 5.74) is 0. The highest BCUT2D eigenvalue weighted by Gasteiger charge is 2.08. The standard InChI is InChI=1S/C8H10ClN3O/c1-6(2)4-12-8(10-5-13)7(9)3-11-12/h3,6H,4H2,1-2H3. The maximum Gasteiger partial charge on any atom is 0.242 e. The first-order valence-corrected chi connectivity index (χ1v) is 4.32. The summed E-state index contributed by atoms with van der Waals surface area (Å²) < 4.78 is 1.60. The van der Waals surface area contributed by atoms with E-state index in [0.717, 1.165) is 0 Å². The van der Waals surface area contributed by atoms with E-state index in [9.17, 15) is 4.79 Å². The number of rotatable bonds is 3. The molecule has 1 rings (SSSR count). The average Bonchev–Trinajstić information content (AvgIpc) is 2.35. The maximum atomic E-state index is 10.1. The monoisotopic (exact) mass is 199 g/mol. The van der Waals surface area contributed by atoms with Crippen molar-refractivity contribution in [3.63, 3.8) is 0 Å². The fourth-order valence-corrected chi connectivity index (χ4v) is 1.17. The van der Waals surface area contributed by atoms with Crippen LogP contribution in [0.3, 0.4) is 0 Å². The van der Waals surface area contributed by atoms with Crippen LogP contribution in [0.25, 0.3) is 0 Å². The van der Waals surface area contributed by atoms with Crippen molar-refractivity contribution >= 4 is 23.5 Å². The molecule has 5 heteroatoms. The lowest BCUT2D eigenvalue weighted by Gasteiger charge is -2.05. The molecule has 4 nitrogen and oxygen atoms in total. The highest BCUT2D eigenvalue weighted by Crippen LogP contribution is 2.24. The molecule has 0 N–H and O–H groups in total. The van der Waals surface area contributed by atoms with Crippen LogP contribution in [-0.4, -0.2) is 15.9 Å². The van der Waals surface area contributed by atoms with Crippen molar-refractivity contribution in [3.8, 4) is 0 Å². The molecule has 0 radical (unpaired) electrons. The van der Waals surface area contributed by atoms with Gasteiger partial charge in [-0.25, -0.2) is 9.48 Å². The highest BCUT2D eigenvalue weighted by atomic mass is 35.5. The first-order valence-electron chi connectivity index (χ1n) is 3.94. The maximum absolute atomic E-state index is 10.1. The molecule has 0 aromatic carbocycles. The molecule has 0 aliphatic rings. The van der Waals surface area contributed by atoms with Crippen molar-refractivity contribution in [2.75, 3.05) is 0 Å². The van der Waals surface area contributed by atoms with Gasteiger partial charge in [-0.15, -0.1) is 4.99 Å². The van der Waals surface area contributed by atoms with E-state index >= 15 is 0 Å². The number of aliphatic imine (C=N–C) groups is 1. The topological polar surface area (TPSA) is 47.2 Å². The van der Waals surface area contributed by atoms with Crippen LogP contribution in [0.1, 0.15) is 13.8 Å². The first kappa shape index (κ1) is 9.96. The van der Waals surface area contributed by atoms with Gasteiger partial charge in [0.05, 0.1) is 6.20 Å².